The van der Waals surface area contributed by atoms with E-state index in [1.54, 1.807) is 0 Å². The molecule has 1 rings (SSSR count). The first-order chi connectivity index (χ1) is 8.26. The van der Waals surface area contributed by atoms with E-state index in [1.165, 1.54) is 5.56 Å². The average Bonchev–Trinajstić information content (AvgIpc) is 2.28. The molecule has 0 saturated heterocycles. The molecule has 1 N–H and O–H groups in total. The Bertz CT molecular complexity index is 363. The van der Waals surface area contributed by atoms with E-state index in [4.69, 9.17) is 9.53 Å². The summed E-state index contributed by atoms with van der Waals surface area (Å²) in [6.45, 7) is 12.2. The maximum atomic E-state index is 8.98. The standard InChI is InChI=1S/C15H26O2Si/c1-15(2,3)18(4,5)17-11-10-13-6-8-14(12-16)9-7-13/h6-9,16H,10-12H2,1-5H3. The predicted molar refractivity (Wildman–Crippen MR) is 79.2 cm³/mol. The molecular weight excluding hydrogens is 240 g/mol. The second kappa shape index (κ2) is 6.00. The van der Waals surface area contributed by atoms with Crippen LogP contribution in [0.5, 0.6) is 0 Å². The smallest absolute Gasteiger partial charge is 0.191 e. The second-order valence-electron chi connectivity index (χ2n) is 6.33. The molecule has 0 heterocycles. The number of benzene rings is 1. The predicted octanol–water partition coefficient (Wildman–Crippen LogP) is 3.74. The van der Waals surface area contributed by atoms with Gasteiger partial charge in [0.25, 0.3) is 0 Å². The van der Waals surface area contributed by atoms with Crippen molar-refractivity contribution < 1.29 is 9.53 Å². The Kier molecular flexibility index (Phi) is 5.14. The van der Waals surface area contributed by atoms with Gasteiger partial charge in [-0.3, -0.25) is 0 Å². The van der Waals surface area contributed by atoms with Gasteiger partial charge in [-0.05, 0) is 35.7 Å². The molecule has 18 heavy (non-hydrogen) atoms. The fourth-order valence-electron chi connectivity index (χ4n) is 1.45. The zero-order valence-electron chi connectivity index (χ0n) is 12.3. The Morgan fingerprint density at radius 3 is 2.00 bits per heavy atom. The summed E-state index contributed by atoms with van der Waals surface area (Å²) in [5.41, 5.74) is 2.23. The molecule has 0 amide bonds. The van der Waals surface area contributed by atoms with Crippen molar-refractivity contribution in [3.05, 3.63) is 35.4 Å². The van der Waals surface area contributed by atoms with Crippen LogP contribution in [-0.4, -0.2) is 20.0 Å². The third kappa shape index (κ3) is 4.23. The molecule has 1 aromatic carbocycles. The van der Waals surface area contributed by atoms with Gasteiger partial charge in [0, 0.05) is 6.61 Å². The van der Waals surface area contributed by atoms with Crippen LogP contribution in [0.4, 0.5) is 0 Å². The quantitative estimate of drug-likeness (QED) is 0.823. The lowest BCUT2D eigenvalue weighted by Gasteiger charge is -2.36. The van der Waals surface area contributed by atoms with Crippen molar-refractivity contribution >= 4 is 8.32 Å². The summed E-state index contributed by atoms with van der Waals surface area (Å²) in [7, 11) is -1.62. The van der Waals surface area contributed by atoms with E-state index in [0.29, 0.717) is 0 Å². The lowest BCUT2D eigenvalue weighted by Crippen LogP contribution is -2.41. The highest BCUT2D eigenvalue weighted by atomic mass is 28.4. The van der Waals surface area contributed by atoms with E-state index in [9.17, 15) is 0 Å². The van der Waals surface area contributed by atoms with Gasteiger partial charge in [-0.2, -0.15) is 0 Å². The van der Waals surface area contributed by atoms with E-state index in [1.807, 2.05) is 12.1 Å². The first-order valence-electron chi connectivity index (χ1n) is 6.59. The average molecular weight is 266 g/mol. The van der Waals surface area contributed by atoms with Gasteiger partial charge in [-0.25, -0.2) is 0 Å². The van der Waals surface area contributed by atoms with Crippen molar-refractivity contribution in [2.24, 2.45) is 0 Å². The second-order valence-corrected chi connectivity index (χ2v) is 11.1. The van der Waals surface area contributed by atoms with Crippen molar-refractivity contribution in [2.75, 3.05) is 6.61 Å². The van der Waals surface area contributed by atoms with Crippen molar-refractivity contribution in [1.29, 1.82) is 0 Å². The zero-order chi connectivity index (χ0) is 13.8. The molecule has 0 atom stereocenters. The minimum absolute atomic E-state index is 0.112. The summed E-state index contributed by atoms with van der Waals surface area (Å²) in [4.78, 5) is 0. The van der Waals surface area contributed by atoms with E-state index < -0.39 is 8.32 Å². The highest BCUT2D eigenvalue weighted by Gasteiger charge is 2.36. The fraction of sp³-hybridized carbons (Fsp3) is 0.600. The van der Waals surface area contributed by atoms with Gasteiger partial charge in [0.05, 0.1) is 6.61 Å². The number of hydrogen-bond acceptors (Lipinski definition) is 2. The molecular formula is C15H26O2Si. The van der Waals surface area contributed by atoms with Crippen LogP contribution in [0.3, 0.4) is 0 Å². The summed E-state index contributed by atoms with van der Waals surface area (Å²) >= 11 is 0. The van der Waals surface area contributed by atoms with Crippen molar-refractivity contribution in [1.82, 2.24) is 0 Å². The van der Waals surface area contributed by atoms with Crippen molar-refractivity contribution in [2.45, 2.75) is 51.9 Å². The Labute approximate surface area is 112 Å². The van der Waals surface area contributed by atoms with Crippen LogP contribution in [0.2, 0.25) is 18.1 Å². The van der Waals surface area contributed by atoms with Gasteiger partial charge in [-0.1, -0.05) is 45.0 Å². The SMILES string of the molecule is CC(C)(C)[Si](C)(C)OCCc1ccc(CO)cc1. The fourth-order valence-corrected chi connectivity index (χ4v) is 2.50. The van der Waals surface area contributed by atoms with Gasteiger partial charge in [0.1, 0.15) is 0 Å². The first kappa shape index (κ1) is 15.4. The Hall–Kier alpha value is -0.643. The molecule has 0 aliphatic carbocycles. The molecule has 0 aromatic heterocycles. The highest BCUT2D eigenvalue weighted by molar-refractivity contribution is 6.74. The van der Waals surface area contributed by atoms with E-state index in [-0.39, 0.29) is 11.6 Å². The molecule has 3 heteroatoms. The summed E-state index contributed by atoms with van der Waals surface area (Å²) in [6, 6.07) is 8.09. The number of aliphatic hydroxyl groups is 1. The molecule has 0 spiro atoms. The van der Waals surface area contributed by atoms with Crippen LogP contribution < -0.4 is 0 Å². The molecule has 0 aliphatic rings. The third-order valence-electron chi connectivity index (χ3n) is 3.87. The van der Waals surface area contributed by atoms with Crippen molar-refractivity contribution in [3.8, 4) is 0 Å². The molecule has 0 fully saturated rings. The van der Waals surface area contributed by atoms with Gasteiger partial charge >= 0.3 is 0 Å². The molecule has 0 radical (unpaired) electrons. The van der Waals surface area contributed by atoms with E-state index in [2.05, 4.69) is 46.0 Å². The molecule has 102 valence electrons. The first-order valence-corrected chi connectivity index (χ1v) is 9.50. The highest BCUT2D eigenvalue weighted by Crippen LogP contribution is 2.36. The van der Waals surface area contributed by atoms with E-state index in [0.717, 1.165) is 18.6 Å². The largest absolute Gasteiger partial charge is 0.416 e. The topological polar surface area (TPSA) is 29.5 Å². The normalized spacial score (nSPS) is 12.8. The van der Waals surface area contributed by atoms with E-state index >= 15 is 0 Å². The van der Waals surface area contributed by atoms with Crippen LogP contribution in [0, 0.1) is 0 Å². The monoisotopic (exact) mass is 266 g/mol. The van der Waals surface area contributed by atoms with Crippen molar-refractivity contribution in [3.63, 3.8) is 0 Å². The molecule has 1 aromatic rings. The maximum Gasteiger partial charge on any atom is 0.191 e. The number of hydrogen-bond donors (Lipinski definition) is 1. The summed E-state index contributed by atoms with van der Waals surface area (Å²) in [5.74, 6) is 0. The van der Waals surface area contributed by atoms with Crippen LogP contribution in [0.25, 0.3) is 0 Å². The molecule has 0 bridgehead atoms. The van der Waals surface area contributed by atoms with Gasteiger partial charge in [-0.15, -0.1) is 0 Å². The Morgan fingerprint density at radius 2 is 1.56 bits per heavy atom. The molecule has 0 aliphatic heterocycles. The van der Waals surface area contributed by atoms with Crippen LogP contribution in [-0.2, 0) is 17.5 Å². The number of aliphatic hydroxyl groups excluding tert-OH is 1. The van der Waals surface area contributed by atoms with Crippen LogP contribution >= 0.6 is 0 Å². The van der Waals surface area contributed by atoms with Crippen LogP contribution in [0.15, 0.2) is 24.3 Å². The molecule has 0 saturated carbocycles. The Balaban J connectivity index is 2.46. The van der Waals surface area contributed by atoms with Gasteiger partial charge in [0.2, 0.25) is 0 Å². The lowest BCUT2D eigenvalue weighted by atomic mass is 10.1. The minimum atomic E-state index is -1.62. The molecule has 2 nitrogen and oxygen atoms in total. The Morgan fingerprint density at radius 1 is 1.06 bits per heavy atom. The lowest BCUT2D eigenvalue weighted by molar-refractivity contribution is 0.281. The molecule has 0 unspecified atom stereocenters. The van der Waals surface area contributed by atoms with Crippen LogP contribution in [0.1, 0.15) is 31.9 Å². The zero-order valence-corrected chi connectivity index (χ0v) is 13.3. The summed E-state index contributed by atoms with van der Waals surface area (Å²) in [6.07, 6.45) is 0.943. The van der Waals surface area contributed by atoms with Gasteiger partial charge in [0.15, 0.2) is 8.32 Å². The summed E-state index contributed by atoms with van der Waals surface area (Å²) in [5, 5.41) is 9.25. The maximum absolute atomic E-state index is 8.98. The third-order valence-corrected chi connectivity index (χ3v) is 8.40. The summed E-state index contributed by atoms with van der Waals surface area (Å²) < 4.78 is 6.14. The minimum Gasteiger partial charge on any atom is -0.416 e. The van der Waals surface area contributed by atoms with Gasteiger partial charge < -0.3 is 9.53 Å². The number of rotatable bonds is 5.